The molecule has 1 unspecified atom stereocenters. The van der Waals surface area contributed by atoms with Crippen molar-refractivity contribution in [2.75, 3.05) is 23.3 Å². The first-order valence-electron chi connectivity index (χ1n) is 7.60. The standard InChI is InChI=1S/C16H13F2N5OS/c17-10-1-2-12-11(7-10)13(21-9-20-12)23-5-3-16(18,8-23)14(24)22-15-19-4-6-25-15/h1-2,4,6-7,9H,3,5,8H2,(H,19,22,24). The van der Waals surface area contributed by atoms with Gasteiger partial charge in [-0.1, -0.05) is 0 Å². The van der Waals surface area contributed by atoms with E-state index in [9.17, 15) is 9.18 Å². The number of alkyl halides is 1. The van der Waals surface area contributed by atoms with Crippen LogP contribution in [0, 0.1) is 5.82 Å². The number of nitrogens with one attached hydrogen (secondary N) is 1. The molecule has 0 radical (unpaired) electrons. The molecule has 25 heavy (non-hydrogen) atoms. The summed E-state index contributed by atoms with van der Waals surface area (Å²) < 4.78 is 28.7. The number of hydrogen-bond donors (Lipinski definition) is 1. The number of anilines is 2. The number of carbonyl (C=O) groups excluding carboxylic acids is 1. The first-order chi connectivity index (χ1) is 12.0. The number of carbonyl (C=O) groups is 1. The molecule has 3 aromatic rings. The van der Waals surface area contributed by atoms with Crippen LogP contribution in [0.3, 0.4) is 0 Å². The third-order valence-corrected chi connectivity index (χ3v) is 4.84. The van der Waals surface area contributed by atoms with Crippen molar-refractivity contribution in [1.29, 1.82) is 0 Å². The monoisotopic (exact) mass is 361 g/mol. The number of halogens is 2. The second-order valence-corrected chi connectivity index (χ2v) is 6.68. The molecule has 1 N–H and O–H groups in total. The number of amides is 1. The normalized spacial score (nSPS) is 20.2. The molecule has 1 aliphatic heterocycles. The third kappa shape index (κ3) is 2.91. The number of hydrogen-bond acceptors (Lipinski definition) is 6. The molecule has 1 fully saturated rings. The van der Waals surface area contributed by atoms with Gasteiger partial charge in [0.05, 0.1) is 12.1 Å². The summed E-state index contributed by atoms with van der Waals surface area (Å²) in [6.07, 6.45) is 2.90. The molecule has 3 heterocycles. The first kappa shape index (κ1) is 15.8. The van der Waals surface area contributed by atoms with Crippen LogP contribution in [0.4, 0.5) is 19.7 Å². The van der Waals surface area contributed by atoms with Gasteiger partial charge >= 0.3 is 0 Å². The molecule has 1 amide bonds. The van der Waals surface area contributed by atoms with Crippen LogP contribution in [0.2, 0.25) is 0 Å². The van der Waals surface area contributed by atoms with Crippen molar-refractivity contribution in [1.82, 2.24) is 15.0 Å². The van der Waals surface area contributed by atoms with Gasteiger partial charge < -0.3 is 4.90 Å². The van der Waals surface area contributed by atoms with E-state index in [1.54, 1.807) is 16.3 Å². The highest BCUT2D eigenvalue weighted by molar-refractivity contribution is 7.13. The van der Waals surface area contributed by atoms with Crippen LogP contribution in [0.5, 0.6) is 0 Å². The highest BCUT2D eigenvalue weighted by Crippen LogP contribution is 2.33. The molecule has 6 nitrogen and oxygen atoms in total. The van der Waals surface area contributed by atoms with Crippen LogP contribution in [0.25, 0.3) is 10.9 Å². The summed E-state index contributed by atoms with van der Waals surface area (Å²) in [5, 5.41) is 5.04. The van der Waals surface area contributed by atoms with Crippen molar-refractivity contribution in [3.63, 3.8) is 0 Å². The lowest BCUT2D eigenvalue weighted by Crippen LogP contribution is -2.41. The molecular weight excluding hydrogens is 348 g/mol. The molecule has 0 spiro atoms. The summed E-state index contributed by atoms with van der Waals surface area (Å²) in [5.74, 6) is -0.726. The highest BCUT2D eigenvalue weighted by atomic mass is 32.1. The Hall–Kier alpha value is -2.68. The Morgan fingerprint density at radius 2 is 2.20 bits per heavy atom. The van der Waals surface area contributed by atoms with Gasteiger partial charge in [0.15, 0.2) is 5.13 Å². The average molecular weight is 361 g/mol. The van der Waals surface area contributed by atoms with Crippen LogP contribution >= 0.6 is 11.3 Å². The van der Waals surface area contributed by atoms with E-state index in [-0.39, 0.29) is 13.0 Å². The van der Waals surface area contributed by atoms with E-state index in [1.807, 2.05) is 0 Å². The minimum absolute atomic E-state index is 0.0189. The quantitative estimate of drug-likeness (QED) is 0.777. The summed E-state index contributed by atoms with van der Waals surface area (Å²) in [7, 11) is 0. The lowest BCUT2D eigenvalue weighted by Gasteiger charge is -2.21. The summed E-state index contributed by atoms with van der Waals surface area (Å²) >= 11 is 1.22. The smallest absolute Gasteiger partial charge is 0.265 e. The van der Waals surface area contributed by atoms with Crippen molar-refractivity contribution in [2.24, 2.45) is 0 Å². The van der Waals surface area contributed by atoms with Crippen molar-refractivity contribution >= 4 is 39.1 Å². The zero-order valence-electron chi connectivity index (χ0n) is 12.9. The Morgan fingerprint density at radius 1 is 1.32 bits per heavy atom. The lowest BCUT2D eigenvalue weighted by atomic mass is 10.1. The molecule has 1 aliphatic rings. The maximum Gasteiger partial charge on any atom is 0.265 e. The van der Waals surface area contributed by atoms with Gasteiger partial charge in [-0.15, -0.1) is 11.3 Å². The van der Waals surface area contributed by atoms with Crippen molar-refractivity contribution in [2.45, 2.75) is 12.1 Å². The fourth-order valence-corrected chi connectivity index (χ4v) is 3.42. The first-order valence-corrected chi connectivity index (χ1v) is 8.48. The number of thiazole rings is 1. The Labute approximate surface area is 145 Å². The fourth-order valence-electron chi connectivity index (χ4n) is 2.90. The molecule has 1 atom stereocenters. The maximum absolute atomic E-state index is 15.1. The van der Waals surface area contributed by atoms with E-state index in [4.69, 9.17) is 0 Å². The molecule has 0 bridgehead atoms. The minimum atomic E-state index is -2.06. The number of aromatic nitrogens is 3. The van der Waals surface area contributed by atoms with Gasteiger partial charge in [0, 0.05) is 29.9 Å². The van der Waals surface area contributed by atoms with Crippen LogP contribution in [-0.4, -0.2) is 39.6 Å². The molecule has 1 saturated heterocycles. The second kappa shape index (κ2) is 5.99. The molecule has 2 aromatic heterocycles. The molecule has 9 heteroatoms. The minimum Gasteiger partial charge on any atom is -0.352 e. The summed E-state index contributed by atoms with van der Waals surface area (Å²) in [6.45, 7) is 0.136. The van der Waals surface area contributed by atoms with Gasteiger partial charge in [-0.25, -0.2) is 23.7 Å². The largest absolute Gasteiger partial charge is 0.352 e. The lowest BCUT2D eigenvalue weighted by molar-refractivity contribution is -0.126. The third-order valence-electron chi connectivity index (χ3n) is 4.16. The number of rotatable bonds is 3. The zero-order chi connectivity index (χ0) is 17.4. The van der Waals surface area contributed by atoms with Crippen LogP contribution in [-0.2, 0) is 4.79 Å². The van der Waals surface area contributed by atoms with E-state index in [2.05, 4.69) is 20.3 Å². The average Bonchev–Trinajstić information content (AvgIpc) is 3.25. The molecule has 0 saturated carbocycles. The zero-order valence-corrected chi connectivity index (χ0v) is 13.8. The Bertz CT molecular complexity index is 935. The SMILES string of the molecule is O=C(Nc1nccs1)C1(F)CCN(c2ncnc3ccc(F)cc23)C1. The van der Waals surface area contributed by atoms with Crippen LogP contribution < -0.4 is 10.2 Å². The van der Waals surface area contributed by atoms with Crippen molar-refractivity contribution in [3.8, 4) is 0 Å². The van der Waals surface area contributed by atoms with E-state index >= 15 is 4.39 Å². The maximum atomic E-state index is 15.1. The Morgan fingerprint density at radius 3 is 3.00 bits per heavy atom. The number of benzene rings is 1. The molecule has 4 rings (SSSR count). The van der Waals surface area contributed by atoms with E-state index in [0.717, 1.165) is 0 Å². The number of nitrogens with zero attached hydrogens (tertiary/aromatic N) is 4. The van der Waals surface area contributed by atoms with Gasteiger partial charge in [-0.3, -0.25) is 10.1 Å². The molecular formula is C16H13F2N5OS. The van der Waals surface area contributed by atoms with Gasteiger partial charge in [0.25, 0.3) is 5.91 Å². The van der Waals surface area contributed by atoms with Crippen molar-refractivity contribution < 1.29 is 13.6 Å². The van der Waals surface area contributed by atoms with Gasteiger partial charge in [0.2, 0.25) is 5.67 Å². The van der Waals surface area contributed by atoms with Crippen molar-refractivity contribution in [3.05, 3.63) is 41.9 Å². The predicted molar refractivity (Wildman–Crippen MR) is 90.9 cm³/mol. The predicted octanol–water partition coefficient (Wildman–Crippen LogP) is 2.78. The van der Waals surface area contributed by atoms with Gasteiger partial charge in [0.1, 0.15) is 18.0 Å². The fraction of sp³-hybridized carbons (Fsp3) is 0.250. The molecule has 1 aromatic carbocycles. The van der Waals surface area contributed by atoms with E-state index in [1.165, 1.54) is 36.0 Å². The van der Waals surface area contributed by atoms with Crippen LogP contribution in [0.15, 0.2) is 36.1 Å². The Kier molecular flexibility index (Phi) is 3.79. The van der Waals surface area contributed by atoms with Crippen LogP contribution in [0.1, 0.15) is 6.42 Å². The van der Waals surface area contributed by atoms with Gasteiger partial charge in [-0.05, 0) is 18.2 Å². The topological polar surface area (TPSA) is 71.0 Å². The number of fused-ring (bicyclic) bond motifs is 1. The van der Waals surface area contributed by atoms with Gasteiger partial charge in [-0.2, -0.15) is 0 Å². The van der Waals surface area contributed by atoms with E-state index in [0.29, 0.717) is 28.4 Å². The Balaban J connectivity index is 1.60. The second-order valence-electron chi connectivity index (χ2n) is 5.79. The summed E-state index contributed by atoms with van der Waals surface area (Å²) in [4.78, 5) is 26.1. The molecule has 128 valence electrons. The summed E-state index contributed by atoms with van der Waals surface area (Å²) in [6, 6.07) is 4.17. The molecule has 0 aliphatic carbocycles. The van der Waals surface area contributed by atoms with E-state index < -0.39 is 17.4 Å². The highest BCUT2D eigenvalue weighted by Gasteiger charge is 2.46. The summed E-state index contributed by atoms with van der Waals surface area (Å²) in [5.41, 5.74) is -1.49.